The number of hydrogen-bond donors (Lipinski definition) is 1. The first-order valence-electron chi connectivity index (χ1n) is 10.2. The van der Waals surface area contributed by atoms with Crippen LogP contribution >= 0.6 is 11.3 Å². The zero-order valence-corrected chi connectivity index (χ0v) is 18.1. The summed E-state index contributed by atoms with van der Waals surface area (Å²) >= 11 is 1.33. The van der Waals surface area contributed by atoms with Crippen molar-refractivity contribution in [3.05, 3.63) is 52.5 Å². The summed E-state index contributed by atoms with van der Waals surface area (Å²) in [4.78, 5) is 28.4. The number of ether oxygens (including phenoxy) is 1. The lowest BCUT2D eigenvalue weighted by atomic mass is 10.0. The second-order valence-electron chi connectivity index (χ2n) is 7.72. The van der Waals surface area contributed by atoms with Gasteiger partial charge in [-0.3, -0.25) is 14.4 Å². The molecule has 1 aliphatic rings. The van der Waals surface area contributed by atoms with E-state index in [4.69, 9.17) is 4.74 Å². The molecule has 0 unspecified atom stereocenters. The monoisotopic (exact) mass is 426 g/mol. The van der Waals surface area contributed by atoms with E-state index in [9.17, 15) is 9.59 Å². The number of esters is 1. The molecule has 0 atom stereocenters. The fourth-order valence-corrected chi connectivity index (χ4v) is 4.87. The molecule has 30 heavy (non-hydrogen) atoms. The lowest BCUT2D eigenvalue weighted by Gasteiger charge is -2.32. The highest BCUT2D eigenvalue weighted by Crippen LogP contribution is 2.28. The topological polar surface area (TPSA) is 76.5 Å². The highest BCUT2D eigenvalue weighted by Gasteiger charge is 2.22. The molecule has 0 spiro atoms. The molecule has 3 heterocycles. The van der Waals surface area contributed by atoms with Crippen LogP contribution in [0.2, 0.25) is 0 Å². The number of rotatable bonds is 6. The summed E-state index contributed by atoms with van der Waals surface area (Å²) < 4.78 is 6.98. The van der Waals surface area contributed by atoms with Crippen molar-refractivity contribution in [2.24, 2.45) is 7.05 Å². The van der Waals surface area contributed by atoms with E-state index in [0.29, 0.717) is 4.88 Å². The van der Waals surface area contributed by atoms with Gasteiger partial charge in [0.2, 0.25) is 0 Å². The Bertz CT molecular complexity index is 1000. The third-order valence-electron chi connectivity index (χ3n) is 5.43. The van der Waals surface area contributed by atoms with Crippen LogP contribution in [0.4, 0.5) is 0 Å². The van der Waals surface area contributed by atoms with Crippen molar-refractivity contribution in [2.45, 2.75) is 32.4 Å². The van der Waals surface area contributed by atoms with Crippen LogP contribution in [-0.2, 0) is 23.1 Å². The zero-order chi connectivity index (χ0) is 21.1. The Balaban J connectivity index is 1.21. The number of amides is 1. The Hall–Kier alpha value is -2.71. The number of fused-ring (bicyclic) bond motifs is 1. The Morgan fingerprint density at radius 1 is 1.23 bits per heavy atom. The molecule has 0 radical (unpaired) electrons. The number of aryl methyl sites for hydroxylation is 2. The molecule has 4 rings (SSSR count). The number of thiophene rings is 1. The van der Waals surface area contributed by atoms with E-state index in [0.717, 1.165) is 48.4 Å². The van der Waals surface area contributed by atoms with Crippen molar-refractivity contribution < 1.29 is 14.3 Å². The standard InChI is InChI=1S/C22H26N4O3S/c1-15-18-12-19(30-21(18)25(2)24-15)22(28)29-14-20(27)23-17-8-10-26(11-9-17)13-16-6-4-3-5-7-16/h3-7,12,17H,8-11,13-14H2,1-2H3,(H,23,27). The SMILES string of the molecule is Cc1nn(C)c2sc(C(=O)OCC(=O)NC3CCN(Cc4ccccc4)CC3)cc12. The summed E-state index contributed by atoms with van der Waals surface area (Å²) in [6.07, 6.45) is 1.80. The van der Waals surface area contributed by atoms with Gasteiger partial charge in [0.05, 0.1) is 5.69 Å². The van der Waals surface area contributed by atoms with Crippen LogP contribution in [-0.4, -0.2) is 52.3 Å². The van der Waals surface area contributed by atoms with Crippen molar-refractivity contribution in [1.29, 1.82) is 0 Å². The fraction of sp³-hybridized carbons (Fsp3) is 0.409. The summed E-state index contributed by atoms with van der Waals surface area (Å²) in [5, 5.41) is 8.27. The van der Waals surface area contributed by atoms with Gasteiger partial charge in [0.15, 0.2) is 6.61 Å². The molecule has 1 saturated heterocycles. The molecule has 0 saturated carbocycles. The van der Waals surface area contributed by atoms with Gasteiger partial charge < -0.3 is 10.1 Å². The first kappa shape index (κ1) is 20.6. The van der Waals surface area contributed by atoms with Crippen LogP contribution in [0, 0.1) is 6.92 Å². The minimum absolute atomic E-state index is 0.126. The molecule has 3 aromatic rings. The molecule has 2 aromatic heterocycles. The van der Waals surface area contributed by atoms with Crippen molar-refractivity contribution in [2.75, 3.05) is 19.7 Å². The molecule has 1 aliphatic heterocycles. The molecule has 1 N–H and O–H groups in total. The van der Waals surface area contributed by atoms with Gasteiger partial charge in [0, 0.05) is 38.1 Å². The van der Waals surface area contributed by atoms with Crippen LogP contribution in [0.3, 0.4) is 0 Å². The largest absolute Gasteiger partial charge is 0.451 e. The van der Waals surface area contributed by atoms with Crippen LogP contribution < -0.4 is 5.32 Å². The first-order valence-corrected chi connectivity index (χ1v) is 11.0. The second-order valence-corrected chi connectivity index (χ2v) is 8.75. The van der Waals surface area contributed by atoms with Gasteiger partial charge in [-0.15, -0.1) is 11.3 Å². The Morgan fingerprint density at radius 3 is 2.67 bits per heavy atom. The normalized spacial score (nSPS) is 15.4. The Morgan fingerprint density at radius 2 is 1.97 bits per heavy atom. The van der Waals surface area contributed by atoms with Gasteiger partial charge >= 0.3 is 5.97 Å². The molecule has 1 fully saturated rings. The van der Waals surface area contributed by atoms with Gasteiger partial charge in [-0.25, -0.2) is 4.79 Å². The predicted octanol–water partition coefficient (Wildman–Crippen LogP) is 2.88. The van der Waals surface area contributed by atoms with E-state index in [1.807, 2.05) is 20.0 Å². The maximum atomic E-state index is 12.3. The number of piperidine rings is 1. The number of nitrogens with one attached hydrogen (secondary N) is 1. The quantitative estimate of drug-likeness (QED) is 0.614. The minimum atomic E-state index is -0.469. The maximum absolute atomic E-state index is 12.3. The van der Waals surface area contributed by atoms with Crippen molar-refractivity contribution in [3.63, 3.8) is 0 Å². The number of aromatic nitrogens is 2. The maximum Gasteiger partial charge on any atom is 0.348 e. The van der Waals surface area contributed by atoms with Crippen molar-refractivity contribution in [1.82, 2.24) is 20.0 Å². The summed E-state index contributed by atoms with van der Waals surface area (Å²) in [6.45, 7) is 4.46. The average molecular weight is 427 g/mol. The summed E-state index contributed by atoms with van der Waals surface area (Å²) in [5.41, 5.74) is 2.18. The highest BCUT2D eigenvalue weighted by atomic mass is 32.1. The van der Waals surface area contributed by atoms with E-state index >= 15 is 0 Å². The predicted molar refractivity (Wildman–Crippen MR) is 116 cm³/mol. The molecule has 1 aromatic carbocycles. The highest BCUT2D eigenvalue weighted by molar-refractivity contribution is 7.20. The fourth-order valence-electron chi connectivity index (χ4n) is 3.85. The number of carbonyl (C=O) groups is 2. The number of benzene rings is 1. The molecule has 158 valence electrons. The molecule has 0 aliphatic carbocycles. The number of likely N-dealkylation sites (tertiary alicyclic amines) is 1. The van der Waals surface area contributed by atoms with Gasteiger partial charge in [-0.2, -0.15) is 5.10 Å². The lowest BCUT2D eigenvalue weighted by Crippen LogP contribution is -2.45. The summed E-state index contributed by atoms with van der Waals surface area (Å²) in [5.74, 6) is -0.716. The number of carbonyl (C=O) groups excluding carboxylic acids is 2. The molecular weight excluding hydrogens is 400 g/mol. The van der Waals surface area contributed by atoms with E-state index in [1.165, 1.54) is 16.9 Å². The van der Waals surface area contributed by atoms with E-state index in [-0.39, 0.29) is 18.6 Å². The smallest absolute Gasteiger partial charge is 0.348 e. The van der Waals surface area contributed by atoms with E-state index in [1.54, 1.807) is 10.7 Å². The third-order valence-corrected chi connectivity index (χ3v) is 6.62. The first-order chi connectivity index (χ1) is 14.5. The Labute approximate surface area is 179 Å². The average Bonchev–Trinajstić information content (AvgIpc) is 3.30. The van der Waals surface area contributed by atoms with Crippen LogP contribution in [0.25, 0.3) is 10.2 Å². The third kappa shape index (κ3) is 4.71. The summed E-state index contributed by atoms with van der Waals surface area (Å²) in [6, 6.07) is 12.3. The lowest BCUT2D eigenvalue weighted by molar-refractivity contribution is -0.125. The van der Waals surface area contributed by atoms with Gasteiger partial charge in [0.25, 0.3) is 5.91 Å². The number of hydrogen-bond acceptors (Lipinski definition) is 6. The van der Waals surface area contributed by atoms with Crippen LogP contribution in [0.1, 0.15) is 33.8 Å². The molecule has 1 amide bonds. The molecular formula is C22H26N4O3S. The summed E-state index contributed by atoms with van der Waals surface area (Å²) in [7, 11) is 1.85. The van der Waals surface area contributed by atoms with Gasteiger partial charge in [-0.1, -0.05) is 30.3 Å². The zero-order valence-electron chi connectivity index (χ0n) is 17.3. The second kappa shape index (κ2) is 8.97. The van der Waals surface area contributed by atoms with Crippen molar-refractivity contribution in [3.8, 4) is 0 Å². The van der Waals surface area contributed by atoms with Crippen LogP contribution in [0.5, 0.6) is 0 Å². The molecule has 8 heteroatoms. The Kier molecular flexibility index (Phi) is 6.15. The minimum Gasteiger partial charge on any atom is -0.451 e. The molecule has 7 nitrogen and oxygen atoms in total. The molecule has 0 bridgehead atoms. The van der Waals surface area contributed by atoms with Gasteiger partial charge in [-0.05, 0) is 31.4 Å². The van der Waals surface area contributed by atoms with Gasteiger partial charge in [0.1, 0.15) is 9.71 Å². The van der Waals surface area contributed by atoms with E-state index < -0.39 is 5.97 Å². The van der Waals surface area contributed by atoms with Crippen LogP contribution in [0.15, 0.2) is 36.4 Å². The number of nitrogens with zero attached hydrogens (tertiary/aromatic N) is 3. The van der Waals surface area contributed by atoms with E-state index in [2.05, 4.69) is 39.6 Å². The van der Waals surface area contributed by atoms with Crippen molar-refractivity contribution >= 4 is 33.4 Å².